The molecule has 0 aliphatic rings. The number of hydrogen-bond acceptors (Lipinski definition) is 1. The summed E-state index contributed by atoms with van der Waals surface area (Å²) in [4.78, 5) is 4.03. The van der Waals surface area contributed by atoms with Gasteiger partial charge in [-0.3, -0.25) is 4.99 Å². The molecule has 1 nitrogen and oxygen atoms in total. The first-order valence-corrected chi connectivity index (χ1v) is 4.52. The number of allylic oxidation sites excluding steroid dienone is 2. The first kappa shape index (κ1) is 11.2. The van der Waals surface area contributed by atoms with Crippen molar-refractivity contribution in [3.05, 3.63) is 23.9 Å². The molecule has 68 valence electrons. The Morgan fingerprint density at radius 2 is 2.08 bits per heavy atom. The monoisotopic (exact) mass is 165 g/mol. The quantitative estimate of drug-likeness (QED) is 0.550. The van der Waals surface area contributed by atoms with Crippen molar-refractivity contribution in [3.63, 3.8) is 0 Å². The van der Waals surface area contributed by atoms with Gasteiger partial charge in [0.2, 0.25) is 0 Å². The van der Waals surface area contributed by atoms with Gasteiger partial charge in [-0.2, -0.15) is 0 Å². The highest BCUT2D eigenvalue weighted by Gasteiger charge is 1.94. The van der Waals surface area contributed by atoms with Gasteiger partial charge in [0.25, 0.3) is 0 Å². The molecule has 0 amide bonds. The van der Waals surface area contributed by atoms with Gasteiger partial charge in [-0.25, -0.2) is 0 Å². The third kappa shape index (κ3) is 4.89. The smallest absolute Gasteiger partial charge is 0.0298 e. The van der Waals surface area contributed by atoms with Crippen molar-refractivity contribution in [1.82, 2.24) is 0 Å². The third-order valence-corrected chi connectivity index (χ3v) is 1.78. The molecule has 0 spiro atoms. The van der Waals surface area contributed by atoms with Crippen molar-refractivity contribution >= 4 is 6.21 Å². The van der Waals surface area contributed by atoms with Gasteiger partial charge in [0.15, 0.2) is 0 Å². The van der Waals surface area contributed by atoms with E-state index in [-0.39, 0.29) is 0 Å². The van der Waals surface area contributed by atoms with Crippen molar-refractivity contribution in [2.45, 2.75) is 40.0 Å². The molecular weight excluding hydrogens is 146 g/mol. The SMILES string of the molecule is C=CN=CC(CCCC)=C(C)C. The lowest BCUT2D eigenvalue weighted by Gasteiger charge is -2.01. The Hall–Kier alpha value is -0.850. The van der Waals surface area contributed by atoms with Gasteiger partial charge in [0, 0.05) is 12.4 Å². The fourth-order valence-electron chi connectivity index (χ4n) is 0.954. The van der Waals surface area contributed by atoms with E-state index in [1.807, 2.05) is 6.21 Å². The molecule has 0 atom stereocenters. The van der Waals surface area contributed by atoms with E-state index < -0.39 is 0 Å². The highest BCUT2D eigenvalue weighted by molar-refractivity contribution is 5.79. The number of hydrogen-bond donors (Lipinski definition) is 0. The molecule has 12 heavy (non-hydrogen) atoms. The van der Waals surface area contributed by atoms with E-state index in [9.17, 15) is 0 Å². The zero-order valence-electron chi connectivity index (χ0n) is 8.43. The second-order valence-electron chi connectivity index (χ2n) is 3.09. The normalized spacial score (nSPS) is 10.2. The molecule has 0 saturated carbocycles. The predicted molar refractivity (Wildman–Crippen MR) is 56.6 cm³/mol. The minimum absolute atomic E-state index is 1.14. The average molecular weight is 165 g/mol. The zero-order valence-corrected chi connectivity index (χ0v) is 8.43. The van der Waals surface area contributed by atoms with Crippen LogP contribution in [0.15, 0.2) is 28.9 Å². The topological polar surface area (TPSA) is 12.4 Å². The van der Waals surface area contributed by atoms with E-state index in [0.29, 0.717) is 0 Å². The van der Waals surface area contributed by atoms with Crippen molar-refractivity contribution in [2.24, 2.45) is 4.99 Å². The summed E-state index contributed by atoms with van der Waals surface area (Å²) in [7, 11) is 0. The maximum atomic E-state index is 4.03. The Kier molecular flexibility index (Phi) is 6.35. The van der Waals surface area contributed by atoms with Crippen LogP contribution in [0.4, 0.5) is 0 Å². The van der Waals surface area contributed by atoms with Gasteiger partial charge in [0.1, 0.15) is 0 Å². The van der Waals surface area contributed by atoms with Crippen LogP contribution in [0.3, 0.4) is 0 Å². The second-order valence-corrected chi connectivity index (χ2v) is 3.09. The molecule has 0 fully saturated rings. The molecule has 0 aliphatic carbocycles. The van der Waals surface area contributed by atoms with Crippen LogP contribution in [0.2, 0.25) is 0 Å². The van der Waals surface area contributed by atoms with Crippen LogP contribution in [0.25, 0.3) is 0 Å². The van der Waals surface area contributed by atoms with E-state index >= 15 is 0 Å². The summed E-state index contributed by atoms with van der Waals surface area (Å²) < 4.78 is 0. The molecule has 0 unspecified atom stereocenters. The lowest BCUT2D eigenvalue weighted by Crippen LogP contribution is -1.88. The van der Waals surface area contributed by atoms with E-state index in [1.54, 1.807) is 6.20 Å². The summed E-state index contributed by atoms with van der Waals surface area (Å²) in [5, 5.41) is 0. The average Bonchev–Trinajstić information content (AvgIpc) is 2.04. The highest BCUT2D eigenvalue weighted by atomic mass is 14.7. The minimum atomic E-state index is 1.14. The van der Waals surface area contributed by atoms with Crippen molar-refractivity contribution < 1.29 is 0 Å². The van der Waals surface area contributed by atoms with Crippen LogP contribution in [-0.4, -0.2) is 6.21 Å². The van der Waals surface area contributed by atoms with Crippen LogP contribution in [0.1, 0.15) is 40.0 Å². The largest absolute Gasteiger partial charge is 0.265 e. The van der Waals surface area contributed by atoms with Gasteiger partial charge < -0.3 is 0 Å². The summed E-state index contributed by atoms with van der Waals surface area (Å²) >= 11 is 0. The summed E-state index contributed by atoms with van der Waals surface area (Å²) in [6, 6.07) is 0. The second kappa shape index (κ2) is 6.84. The standard InChI is InChI=1S/C11H19N/c1-5-7-8-11(10(3)4)9-12-6-2/h6,9H,2,5,7-8H2,1,3-4H3. The van der Waals surface area contributed by atoms with E-state index in [4.69, 9.17) is 0 Å². The number of aliphatic imine (C=N–C) groups is 1. The lowest BCUT2D eigenvalue weighted by molar-refractivity contribution is 0.799. The molecule has 0 aromatic carbocycles. The molecule has 0 aromatic rings. The number of rotatable bonds is 5. The fourth-order valence-corrected chi connectivity index (χ4v) is 0.954. The van der Waals surface area contributed by atoms with Crippen molar-refractivity contribution in [3.8, 4) is 0 Å². The maximum absolute atomic E-state index is 4.03. The molecule has 0 N–H and O–H groups in total. The van der Waals surface area contributed by atoms with E-state index in [0.717, 1.165) is 6.42 Å². The summed E-state index contributed by atoms with van der Waals surface area (Å²) in [5.41, 5.74) is 2.70. The van der Waals surface area contributed by atoms with Crippen molar-refractivity contribution in [2.75, 3.05) is 0 Å². The van der Waals surface area contributed by atoms with Gasteiger partial charge >= 0.3 is 0 Å². The summed E-state index contributed by atoms with van der Waals surface area (Å²) in [6.07, 6.45) is 7.10. The first-order chi connectivity index (χ1) is 5.72. The van der Waals surface area contributed by atoms with Gasteiger partial charge in [-0.05, 0) is 32.3 Å². The van der Waals surface area contributed by atoms with Crippen LogP contribution in [0.5, 0.6) is 0 Å². The molecular formula is C11H19N. The Labute approximate surface area is 75.9 Å². The molecule has 0 bridgehead atoms. The van der Waals surface area contributed by atoms with Gasteiger partial charge in [-0.1, -0.05) is 25.5 Å². The molecule has 0 heterocycles. The minimum Gasteiger partial charge on any atom is -0.265 e. The Balaban J connectivity index is 4.16. The summed E-state index contributed by atoms with van der Waals surface area (Å²) in [6.45, 7) is 10.0. The molecule has 0 saturated heterocycles. The van der Waals surface area contributed by atoms with Crippen molar-refractivity contribution in [1.29, 1.82) is 0 Å². The van der Waals surface area contributed by atoms with Crippen LogP contribution in [0, 0.1) is 0 Å². The first-order valence-electron chi connectivity index (χ1n) is 4.52. The Morgan fingerprint density at radius 1 is 1.42 bits per heavy atom. The molecule has 0 aromatic heterocycles. The summed E-state index contributed by atoms with van der Waals surface area (Å²) in [5.74, 6) is 0. The number of unbranched alkanes of at least 4 members (excludes halogenated alkanes) is 1. The molecule has 1 heteroatoms. The lowest BCUT2D eigenvalue weighted by atomic mass is 10.1. The van der Waals surface area contributed by atoms with Crippen LogP contribution in [-0.2, 0) is 0 Å². The fraction of sp³-hybridized carbons (Fsp3) is 0.545. The van der Waals surface area contributed by atoms with Gasteiger partial charge in [0.05, 0.1) is 0 Å². The molecule has 0 radical (unpaired) electrons. The van der Waals surface area contributed by atoms with E-state index in [1.165, 1.54) is 24.0 Å². The molecule has 0 rings (SSSR count). The Morgan fingerprint density at radius 3 is 2.50 bits per heavy atom. The highest BCUT2D eigenvalue weighted by Crippen LogP contribution is 2.09. The molecule has 0 aliphatic heterocycles. The van der Waals surface area contributed by atoms with Crippen LogP contribution >= 0.6 is 0 Å². The van der Waals surface area contributed by atoms with Gasteiger partial charge in [-0.15, -0.1) is 0 Å². The van der Waals surface area contributed by atoms with E-state index in [2.05, 4.69) is 32.3 Å². The van der Waals surface area contributed by atoms with Crippen LogP contribution < -0.4 is 0 Å². The predicted octanol–water partition coefficient (Wildman–Crippen LogP) is 3.73. The Bertz CT molecular complexity index is 183. The third-order valence-electron chi connectivity index (χ3n) is 1.78. The zero-order chi connectivity index (χ0) is 9.40. The maximum Gasteiger partial charge on any atom is 0.0298 e. The number of nitrogens with zero attached hydrogens (tertiary/aromatic N) is 1.